The number of carbonyl (C=O) groups is 1. The molecule has 4 nitrogen and oxygen atoms in total. The van der Waals surface area contributed by atoms with E-state index in [9.17, 15) is 4.79 Å². The first-order chi connectivity index (χ1) is 7.43. The Bertz CT molecular complexity index is 209. The van der Waals surface area contributed by atoms with Crippen molar-refractivity contribution in [3.05, 3.63) is 0 Å². The average Bonchev–Trinajstić information content (AvgIpc) is 2.22. The van der Waals surface area contributed by atoms with Crippen LogP contribution in [0.3, 0.4) is 0 Å². The molecule has 0 aliphatic rings. The molecule has 0 saturated carbocycles. The van der Waals surface area contributed by atoms with Crippen LogP contribution in [-0.2, 0) is 9.22 Å². The van der Waals surface area contributed by atoms with E-state index in [-0.39, 0.29) is 0 Å². The van der Waals surface area contributed by atoms with Crippen LogP contribution in [0.15, 0.2) is 0 Å². The second-order valence-electron chi connectivity index (χ2n) is 4.55. The van der Waals surface area contributed by atoms with Gasteiger partial charge in [0.05, 0.1) is 0 Å². The summed E-state index contributed by atoms with van der Waals surface area (Å²) in [5.74, 6) is -0.840. The van der Waals surface area contributed by atoms with Gasteiger partial charge in [-0.2, -0.15) is 0 Å². The first-order valence-corrected chi connectivity index (χ1v) is 8.93. The highest BCUT2D eigenvalue weighted by atomic mass is 28.4. The van der Waals surface area contributed by atoms with Crippen molar-refractivity contribution in [2.45, 2.75) is 58.2 Å². The van der Waals surface area contributed by atoms with Crippen LogP contribution in [0.25, 0.3) is 0 Å². The fraction of sp³-hybridized carbons (Fsp3) is 0.909. The molecule has 0 fully saturated rings. The molecule has 1 unspecified atom stereocenters. The van der Waals surface area contributed by atoms with E-state index in [1.807, 2.05) is 20.1 Å². The summed E-state index contributed by atoms with van der Waals surface area (Å²) in [4.78, 5) is 14.1. The normalized spacial score (nSPS) is 13.8. The minimum absolute atomic E-state index is 0.618. The van der Waals surface area contributed by atoms with Gasteiger partial charge in [-0.05, 0) is 26.6 Å². The quantitative estimate of drug-likeness (QED) is 0.485. The lowest BCUT2D eigenvalue weighted by Crippen LogP contribution is -2.49. The summed E-state index contributed by atoms with van der Waals surface area (Å²) in [6, 6.07) is 0. The minimum Gasteiger partial charge on any atom is -0.479 e. The zero-order chi connectivity index (χ0) is 12.6. The molecule has 0 heterocycles. The average molecular weight is 247 g/mol. The van der Waals surface area contributed by atoms with Gasteiger partial charge >= 0.3 is 5.97 Å². The van der Waals surface area contributed by atoms with Crippen LogP contribution in [-0.4, -0.2) is 32.7 Å². The van der Waals surface area contributed by atoms with Gasteiger partial charge in [-0.15, -0.1) is 0 Å². The highest BCUT2D eigenvalue weighted by molar-refractivity contribution is 6.68. The van der Waals surface area contributed by atoms with Crippen LogP contribution in [0.5, 0.6) is 0 Å². The van der Waals surface area contributed by atoms with Crippen molar-refractivity contribution in [3.63, 3.8) is 0 Å². The summed E-state index contributed by atoms with van der Waals surface area (Å²) in [6.07, 6.45) is 4.32. The number of unbranched alkanes of at least 4 members (excludes halogenated alkanes) is 3. The van der Waals surface area contributed by atoms with Crippen LogP contribution in [0.2, 0.25) is 13.1 Å². The van der Waals surface area contributed by atoms with Crippen LogP contribution < -0.4 is 4.98 Å². The van der Waals surface area contributed by atoms with Crippen molar-refractivity contribution in [1.82, 2.24) is 4.98 Å². The van der Waals surface area contributed by atoms with E-state index in [4.69, 9.17) is 9.53 Å². The number of hydrogen-bond acceptors (Lipinski definition) is 3. The highest BCUT2D eigenvalue weighted by Gasteiger charge is 2.28. The van der Waals surface area contributed by atoms with Gasteiger partial charge in [0.25, 0.3) is 8.48 Å². The SMILES string of the molecule is CCCCCCC(O[Si](C)(C)NC)C(=O)O. The highest BCUT2D eigenvalue weighted by Crippen LogP contribution is 2.12. The Hall–Kier alpha value is -0.393. The summed E-state index contributed by atoms with van der Waals surface area (Å²) < 4.78 is 5.66. The number of aliphatic carboxylic acids is 1. The summed E-state index contributed by atoms with van der Waals surface area (Å²) >= 11 is 0. The Morgan fingerprint density at radius 1 is 1.38 bits per heavy atom. The Labute approximate surface area is 99.6 Å². The number of carboxylic acid groups (broad SMARTS) is 1. The minimum atomic E-state index is -2.00. The molecule has 0 spiro atoms. The molecule has 0 aromatic rings. The van der Waals surface area contributed by atoms with Crippen LogP contribution >= 0.6 is 0 Å². The predicted octanol–water partition coefficient (Wildman–Crippen LogP) is 2.35. The maximum absolute atomic E-state index is 11.0. The molecular formula is C11H25NO3Si. The van der Waals surface area contributed by atoms with Gasteiger partial charge in [-0.25, -0.2) is 4.79 Å². The van der Waals surface area contributed by atoms with E-state index in [1.54, 1.807) is 0 Å². The molecule has 0 aromatic carbocycles. The zero-order valence-electron chi connectivity index (χ0n) is 10.9. The number of hydrogen-bond donors (Lipinski definition) is 2. The zero-order valence-corrected chi connectivity index (χ0v) is 11.9. The van der Waals surface area contributed by atoms with Gasteiger partial charge in [0.1, 0.15) is 6.10 Å². The summed E-state index contributed by atoms with van der Waals surface area (Å²) in [6.45, 7) is 6.08. The van der Waals surface area contributed by atoms with E-state index in [1.165, 1.54) is 6.42 Å². The summed E-state index contributed by atoms with van der Waals surface area (Å²) in [5, 5.41) is 9.06. The molecule has 96 valence electrons. The standard InChI is InChI=1S/C11H25NO3Si/c1-5-6-7-8-9-10(11(13)14)15-16(3,4)12-2/h10,12H,5-9H2,1-4H3,(H,13,14). The maximum Gasteiger partial charge on any atom is 0.331 e. The lowest BCUT2D eigenvalue weighted by molar-refractivity contribution is -0.146. The van der Waals surface area contributed by atoms with Crippen molar-refractivity contribution in [3.8, 4) is 0 Å². The molecule has 0 aromatic heterocycles. The molecule has 2 N–H and O–H groups in total. The second kappa shape index (κ2) is 7.81. The summed E-state index contributed by atoms with van der Waals surface area (Å²) in [5.41, 5.74) is 0. The van der Waals surface area contributed by atoms with Gasteiger partial charge in [0.2, 0.25) is 0 Å². The molecular weight excluding hydrogens is 222 g/mol. The Morgan fingerprint density at radius 3 is 2.44 bits per heavy atom. The molecule has 0 aliphatic carbocycles. The Kier molecular flexibility index (Phi) is 7.62. The third-order valence-electron chi connectivity index (χ3n) is 2.63. The fourth-order valence-electron chi connectivity index (χ4n) is 1.40. The lowest BCUT2D eigenvalue weighted by Gasteiger charge is -2.26. The van der Waals surface area contributed by atoms with Crippen LogP contribution in [0, 0.1) is 0 Å². The van der Waals surface area contributed by atoms with Crippen molar-refractivity contribution < 1.29 is 14.3 Å². The third kappa shape index (κ3) is 6.98. The van der Waals surface area contributed by atoms with Crippen LogP contribution in [0.4, 0.5) is 0 Å². The number of rotatable bonds is 9. The van der Waals surface area contributed by atoms with Crippen molar-refractivity contribution in [1.29, 1.82) is 0 Å². The van der Waals surface area contributed by atoms with E-state index in [0.29, 0.717) is 6.42 Å². The maximum atomic E-state index is 11.0. The molecule has 5 heteroatoms. The van der Waals surface area contributed by atoms with Crippen molar-refractivity contribution >= 4 is 14.4 Å². The fourth-order valence-corrected chi connectivity index (χ4v) is 2.45. The van der Waals surface area contributed by atoms with Gasteiger partial charge in [-0.1, -0.05) is 32.6 Å². The van der Waals surface area contributed by atoms with E-state index >= 15 is 0 Å². The molecule has 0 saturated heterocycles. The number of nitrogens with one attached hydrogen (secondary N) is 1. The lowest BCUT2D eigenvalue weighted by atomic mass is 10.1. The first kappa shape index (κ1) is 15.6. The molecule has 0 aliphatic heterocycles. The van der Waals surface area contributed by atoms with Gasteiger partial charge in [0.15, 0.2) is 0 Å². The van der Waals surface area contributed by atoms with Gasteiger partial charge < -0.3 is 14.5 Å². The molecule has 0 bridgehead atoms. The van der Waals surface area contributed by atoms with Gasteiger partial charge in [0, 0.05) is 0 Å². The Morgan fingerprint density at radius 2 is 2.00 bits per heavy atom. The van der Waals surface area contributed by atoms with Crippen molar-refractivity contribution in [2.75, 3.05) is 7.05 Å². The molecule has 16 heavy (non-hydrogen) atoms. The monoisotopic (exact) mass is 247 g/mol. The molecule has 1 atom stereocenters. The Balaban J connectivity index is 4.03. The van der Waals surface area contributed by atoms with E-state index < -0.39 is 20.6 Å². The molecule has 0 amide bonds. The topological polar surface area (TPSA) is 58.6 Å². The number of carboxylic acids is 1. The molecule has 0 rings (SSSR count). The van der Waals surface area contributed by atoms with E-state index in [0.717, 1.165) is 19.3 Å². The first-order valence-electron chi connectivity index (χ1n) is 6.02. The third-order valence-corrected chi connectivity index (χ3v) is 4.71. The predicted molar refractivity (Wildman–Crippen MR) is 67.8 cm³/mol. The van der Waals surface area contributed by atoms with Gasteiger partial charge in [-0.3, -0.25) is 0 Å². The van der Waals surface area contributed by atoms with Crippen LogP contribution in [0.1, 0.15) is 39.0 Å². The molecule has 0 radical (unpaired) electrons. The largest absolute Gasteiger partial charge is 0.479 e. The summed E-state index contributed by atoms with van der Waals surface area (Å²) in [7, 11) is -0.181. The van der Waals surface area contributed by atoms with E-state index in [2.05, 4.69) is 11.9 Å². The van der Waals surface area contributed by atoms with Crippen molar-refractivity contribution in [2.24, 2.45) is 0 Å². The second-order valence-corrected chi connectivity index (χ2v) is 8.31. The smallest absolute Gasteiger partial charge is 0.331 e.